The molecule has 0 fully saturated rings. The third-order valence-corrected chi connectivity index (χ3v) is 2.83. The Morgan fingerprint density at radius 2 is 2.00 bits per heavy atom. The average molecular weight is 267 g/mol. The standard InChI is InChI=1S/C14H25N3O2/c1-6-7-15-11(8-10(2)3)13-14(19-5)17-12(18-4)9-16-13/h9-11,15H,6-8H2,1-5H3. The van der Waals surface area contributed by atoms with Crippen LogP contribution in [0, 0.1) is 5.92 Å². The molecule has 1 atom stereocenters. The Balaban J connectivity index is 2.98. The summed E-state index contributed by atoms with van der Waals surface area (Å²) in [6.45, 7) is 7.50. The van der Waals surface area contributed by atoms with Crippen LogP contribution < -0.4 is 14.8 Å². The Morgan fingerprint density at radius 3 is 2.53 bits per heavy atom. The molecular formula is C14H25N3O2. The summed E-state index contributed by atoms with van der Waals surface area (Å²) < 4.78 is 10.4. The van der Waals surface area contributed by atoms with Gasteiger partial charge in [0.25, 0.3) is 0 Å². The highest BCUT2D eigenvalue weighted by Crippen LogP contribution is 2.27. The van der Waals surface area contributed by atoms with Crippen molar-refractivity contribution in [1.29, 1.82) is 0 Å². The van der Waals surface area contributed by atoms with Crippen LogP contribution in [0.1, 0.15) is 45.3 Å². The summed E-state index contributed by atoms with van der Waals surface area (Å²) in [7, 11) is 3.18. The van der Waals surface area contributed by atoms with Gasteiger partial charge in [0.05, 0.1) is 26.5 Å². The molecule has 0 aliphatic heterocycles. The summed E-state index contributed by atoms with van der Waals surface area (Å²) in [6.07, 6.45) is 3.72. The lowest BCUT2D eigenvalue weighted by molar-refractivity contribution is 0.340. The van der Waals surface area contributed by atoms with Gasteiger partial charge in [-0.3, -0.25) is 0 Å². The summed E-state index contributed by atoms with van der Waals surface area (Å²) in [5, 5.41) is 3.51. The van der Waals surface area contributed by atoms with Gasteiger partial charge >= 0.3 is 0 Å². The van der Waals surface area contributed by atoms with Crippen LogP contribution in [0.2, 0.25) is 0 Å². The molecular weight excluding hydrogens is 242 g/mol. The highest BCUT2D eigenvalue weighted by atomic mass is 16.5. The number of methoxy groups -OCH3 is 2. The van der Waals surface area contributed by atoms with Crippen molar-refractivity contribution in [3.63, 3.8) is 0 Å². The first-order chi connectivity index (χ1) is 9.12. The minimum atomic E-state index is 0.160. The molecule has 1 unspecified atom stereocenters. The molecule has 0 radical (unpaired) electrons. The molecule has 5 heteroatoms. The maximum absolute atomic E-state index is 5.34. The van der Waals surface area contributed by atoms with Gasteiger partial charge in [-0.2, -0.15) is 4.98 Å². The molecule has 0 amide bonds. The van der Waals surface area contributed by atoms with E-state index in [2.05, 4.69) is 36.1 Å². The number of nitrogens with zero attached hydrogens (tertiary/aromatic N) is 2. The summed E-state index contributed by atoms with van der Waals surface area (Å²) in [4.78, 5) is 8.75. The Kier molecular flexibility index (Phi) is 6.56. The maximum atomic E-state index is 5.34. The van der Waals surface area contributed by atoms with Gasteiger partial charge in [0.15, 0.2) is 0 Å². The molecule has 0 aliphatic rings. The monoisotopic (exact) mass is 267 g/mol. The molecule has 1 aromatic rings. The third-order valence-electron chi connectivity index (χ3n) is 2.83. The van der Waals surface area contributed by atoms with Crippen LogP contribution in [-0.2, 0) is 0 Å². The van der Waals surface area contributed by atoms with Crippen LogP contribution in [0.5, 0.6) is 11.8 Å². The molecule has 0 aliphatic carbocycles. The van der Waals surface area contributed by atoms with E-state index in [4.69, 9.17) is 9.47 Å². The van der Waals surface area contributed by atoms with E-state index in [9.17, 15) is 0 Å². The van der Waals surface area contributed by atoms with E-state index in [1.165, 1.54) is 0 Å². The summed E-state index contributed by atoms with van der Waals surface area (Å²) in [5.74, 6) is 1.58. The van der Waals surface area contributed by atoms with E-state index < -0.39 is 0 Å². The minimum Gasteiger partial charge on any atom is -0.480 e. The lowest BCUT2D eigenvalue weighted by Crippen LogP contribution is -2.25. The first-order valence-corrected chi connectivity index (χ1v) is 6.80. The number of ether oxygens (including phenoxy) is 2. The van der Waals surface area contributed by atoms with Crippen LogP contribution in [0.15, 0.2) is 6.20 Å². The van der Waals surface area contributed by atoms with E-state index in [-0.39, 0.29) is 6.04 Å². The number of nitrogens with one attached hydrogen (secondary N) is 1. The lowest BCUT2D eigenvalue weighted by atomic mass is 10.0. The molecule has 1 N–H and O–H groups in total. The Morgan fingerprint density at radius 1 is 1.26 bits per heavy atom. The van der Waals surface area contributed by atoms with Crippen molar-refractivity contribution in [2.24, 2.45) is 5.92 Å². The predicted octanol–water partition coefficient (Wildman–Crippen LogP) is 2.58. The smallest absolute Gasteiger partial charge is 0.240 e. The van der Waals surface area contributed by atoms with Crippen molar-refractivity contribution in [2.75, 3.05) is 20.8 Å². The van der Waals surface area contributed by atoms with E-state index >= 15 is 0 Å². The number of aromatic nitrogens is 2. The van der Waals surface area contributed by atoms with Crippen molar-refractivity contribution in [3.8, 4) is 11.8 Å². The van der Waals surface area contributed by atoms with Crippen LogP contribution in [0.4, 0.5) is 0 Å². The predicted molar refractivity (Wildman–Crippen MR) is 75.6 cm³/mol. The summed E-state index contributed by atoms with van der Waals surface area (Å²) in [5.41, 5.74) is 0.852. The molecule has 0 spiro atoms. The second-order valence-corrected chi connectivity index (χ2v) is 4.94. The maximum Gasteiger partial charge on any atom is 0.240 e. The lowest BCUT2D eigenvalue weighted by Gasteiger charge is -2.21. The number of hydrogen-bond donors (Lipinski definition) is 1. The van der Waals surface area contributed by atoms with Crippen molar-refractivity contribution >= 4 is 0 Å². The zero-order chi connectivity index (χ0) is 14.3. The molecule has 0 bridgehead atoms. The van der Waals surface area contributed by atoms with Gasteiger partial charge in [-0.05, 0) is 25.3 Å². The fourth-order valence-electron chi connectivity index (χ4n) is 1.94. The highest BCUT2D eigenvalue weighted by Gasteiger charge is 2.20. The Bertz CT molecular complexity index is 383. The first-order valence-electron chi connectivity index (χ1n) is 6.80. The molecule has 108 valence electrons. The second kappa shape index (κ2) is 7.94. The molecule has 1 rings (SSSR count). The van der Waals surface area contributed by atoms with Crippen LogP contribution in [0.3, 0.4) is 0 Å². The molecule has 1 heterocycles. The summed E-state index contributed by atoms with van der Waals surface area (Å²) in [6, 6.07) is 0.160. The van der Waals surface area contributed by atoms with Crippen molar-refractivity contribution in [1.82, 2.24) is 15.3 Å². The average Bonchev–Trinajstić information content (AvgIpc) is 2.42. The molecule has 5 nitrogen and oxygen atoms in total. The van der Waals surface area contributed by atoms with E-state index in [0.717, 1.165) is 25.1 Å². The van der Waals surface area contributed by atoms with Gasteiger partial charge in [0.2, 0.25) is 11.8 Å². The zero-order valence-corrected chi connectivity index (χ0v) is 12.6. The van der Waals surface area contributed by atoms with Gasteiger partial charge in [-0.25, -0.2) is 4.98 Å². The third kappa shape index (κ3) is 4.67. The SMILES string of the molecule is CCCNC(CC(C)C)c1ncc(OC)nc1OC. The van der Waals surface area contributed by atoms with Crippen molar-refractivity contribution in [3.05, 3.63) is 11.9 Å². The topological polar surface area (TPSA) is 56.3 Å². The molecule has 0 aromatic carbocycles. The van der Waals surface area contributed by atoms with Crippen molar-refractivity contribution < 1.29 is 9.47 Å². The Hall–Kier alpha value is -1.36. The fraction of sp³-hybridized carbons (Fsp3) is 0.714. The van der Waals surface area contributed by atoms with Gasteiger partial charge in [-0.15, -0.1) is 0 Å². The van der Waals surface area contributed by atoms with Crippen molar-refractivity contribution in [2.45, 2.75) is 39.7 Å². The Labute approximate surface area is 115 Å². The van der Waals surface area contributed by atoms with Crippen LogP contribution in [-0.4, -0.2) is 30.7 Å². The normalized spacial score (nSPS) is 12.5. The second-order valence-electron chi connectivity index (χ2n) is 4.94. The quantitative estimate of drug-likeness (QED) is 0.784. The number of rotatable bonds is 8. The zero-order valence-electron chi connectivity index (χ0n) is 12.6. The molecule has 19 heavy (non-hydrogen) atoms. The van der Waals surface area contributed by atoms with Crippen LogP contribution in [0.25, 0.3) is 0 Å². The van der Waals surface area contributed by atoms with E-state index in [1.807, 2.05) is 0 Å². The van der Waals surface area contributed by atoms with Gasteiger partial charge in [0.1, 0.15) is 5.69 Å². The number of hydrogen-bond acceptors (Lipinski definition) is 5. The van der Waals surface area contributed by atoms with E-state index in [0.29, 0.717) is 17.7 Å². The highest BCUT2D eigenvalue weighted by molar-refractivity contribution is 5.25. The largest absolute Gasteiger partial charge is 0.480 e. The van der Waals surface area contributed by atoms with E-state index in [1.54, 1.807) is 20.4 Å². The van der Waals surface area contributed by atoms with Gasteiger partial charge in [0, 0.05) is 0 Å². The minimum absolute atomic E-state index is 0.160. The fourth-order valence-corrected chi connectivity index (χ4v) is 1.94. The van der Waals surface area contributed by atoms with Crippen LogP contribution >= 0.6 is 0 Å². The first kappa shape index (κ1) is 15.7. The van der Waals surface area contributed by atoms with Gasteiger partial charge < -0.3 is 14.8 Å². The molecule has 1 aromatic heterocycles. The molecule has 0 saturated carbocycles. The molecule has 0 saturated heterocycles. The summed E-state index contributed by atoms with van der Waals surface area (Å²) >= 11 is 0. The van der Waals surface area contributed by atoms with Gasteiger partial charge in [-0.1, -0.05) is 20.8 Å².